The Morgan fingerprint density at radius 3 is 2.25 bits per heavy atom. The minimum atomic E-state index is -0.0536. The Balaban J connectivity index is 2.30. The summed E-state index contributed by atoms with van der Waals surface area (Å²) >= 11 is 6.14. The molecule has 2 rings (SSSR count). The topological polar surface area (TPSA) is 35.5 Å². The first-order valence-corrected chi connectivity index (χ1v) is 6.52. The second-order valence-electron chi connectivity index (χ2n) is 4.27. The lowest BCUT2D eigenvalue weighted by Crippen LogP contribution is -2.05. The van der Waals surface area contributed by atoms with Crippen LogP contribution in [-0.2, 0) is 6.42 Å². The number of ether oxygens (including phenoxy) is 2. The van der Waals surface area contributed by atoms with Crippen molar-refractivity contribution in [2.45, 2.75) is 6.42 Å². The highest BCUT2D eigenvalue weighted by molar-refractivity contribution is 6.34. The first kappa shape index (κ1) is 14.4. The molecule has 0 fully saturated rings. The molecule has 2 aromatic carbocycles. The molecule has 0 aliphatic carbocycles. The van der Waals surface area contributed by atoms with Crippen molar-refractivity contribution in [1.29, 1.82) is 0 Å². The van der Waals surface area contributed by atoms with Crippen molar-refractivity contribution < 1.29 is 14.3 Å². The van der Waals surface area contributed by atoms with Crippen LogP contribution in [-0.4, -0.2) is 20.0 Å². The van der Waals surface area contributed by atoms with Crippen LogP contribution in [0.15, 0.2) is 42.5 Å². The van der Waals surface area contributed by atoms with Crippen LogP contribution in [0, 0.1) is 0 Å². The second-order valence-corrected chi connectivity index (χ2v) is 4.68. The van der Waals surface area contributed by atoms with E-state index < -0.39 is 0 Å². The fourth-order valence-corrected chi connectivity index (χ4v) is 2.20. The summed E-state index contributed by atoms with van der Waals surface area (Å²) in [5, 5.41) is 0.364. The first-order valence-electron chi connectivity index (χ1n) is 6.14. The zero-order valence-corrected chi connectivity index (χ0v) is 12.1. The molecule has 0 aromatic heterocycles. The molecule has 0 amide bonds. The Bertz CT molecular complexity index is 609. The summed E-state index contributed by atoms with van der Waals surface area (Å²) < 4.78 is 10.3. The van der Waals surface area contributed by atoms with Gasteiger partial charge in [-0.2, -0.15) is 0 Å². The Hall–Kier alpha value is -2.00. The summed E-state index contributed by atoms with van der Waals surface area (Å²) in [6.45, 7) is 0. The molecule has 104 valence electrons. The lowest BCUT2D eigenvalue weighted by atomic mass is 10.0. The molecule has 20 heavy (non-hydrogen) atoms. The van der Waals surface area contributed by atoms with Crippen LogP contribution in [0.4, 0.5) is 0 Å². The second kappa shape index (κ2) is 6.44. The van der Waals surface area contributed by atoms with Gasteiger partial charge in [0.15, 0.2) is 17.3 Å². The van der Waals surface area contributed by atoms with E-state index in [0.717, 1.165) is 5.56 Å². The van der Waals surface area contributed by atoms with Gasteiger partial charge in [-0.15, -0.1) is 0 Å². The summed E-state index contributed by atoms with van der Waals surface area (Å²) in [6, 6.07) is 12.7. The molecule has 0 aliphatic heterocycles. The number of methoxy groups -OCH3 is 2. The van der Waals surface area contributed by atoms with Crippen molar-refractivity contribution in [2.75, 3.05) is 14.2 Å². The van der Waals surface area contributed by atoms with E-state index in [0.29, 0.717) is 28.5 Å². The van der Waals surface area contributed by atoms with Gasteiger partial charge in [0.05, 0.1) is 19.2 Å². The smallest absolute Gasteiger partial charge is 0.168 e. The van der Waals surface area contributed by atoms with Gasteiger partial charge in [0.2, 0.25) is 0 Å². The number of rotatable bonds is 5. The average molecular weight is 291 g/mol. The lowest BCUT2D eigenvalue weighted by molar-refractivity contribution is 0.0992. The van der Waals surface area contributed by atoms with Gasteiger partial charge in [-0.05, 0) is 11.6 Å². The third kappa shape index (κ3) is 3.11. The molecule has 4 heteroatoms. The summed E-state index contributed by atoms with van der Waals surface area (Å²) in [5.41, 5.74) is 1.39. The van der Waals surface area contributed by atoms with Crippen LogP contribution in [0.2, 0.25) is 5.02 Å². The van der Waals surface area contributed by atoms with E-state index in [-0.39, 0.29) is 5.78 Å². The molecule has 3 nitrogen and oxygen atoms in total. The van der Waals surface area contributed by atoms with Crippen LogP contribution in [0.25, 0.3) is 0 Å². The maximum Gasteiger partial charge on any atom is 0.168 e. The maximum absolute atomic E-state index is 12.3. The molecule has 2 aromatic rings. The summed E-state index contributed by atoms with van der Waals surface area (Å²) in [6.07, 6.45) is 0.302. The lowest BCUT2D eigenvalue weighted by Gasteiger charge is -2.11. The molecular formula is C16H15ClO3. The van der Waals surface area contributed by atoms with E-state index in [1.807, 2.05) is 30.3 Å². The van der Waals surface area contributed by atoms with Crippen LogP contribution < -0.4 is 9.47 Å². The summed E-state index contributed by atoms with van der Waals surface area (Å²) in [5.74, 6) is 0.948. The molecule has 0 heterocycles. The summed E-state index contributed by atoms with van der Waals surface area (Å²) in [7, 11) is 3.05. The highest BCUT2D eigenvalue weighted by Gasteiger charge is 2.16. The molecule has 0 unspecified atom stereocenters. The van der Waals surface area contributed by atoms with E-state index in [4.69, 9.17) is 21.1 Å². The number of carbonyl (C=O) groups excluding carboxylic acids is 1. The van der Waals surface area contributed by atoms with Gasteiger partial charge >= 0.3 is 0 Å². The number of benzene rings is 2. The molecular weight excluding hydrogens is 276 g/mol. The molecule has 0 saturated carbocycles. The SMILES string of the molecule is COc1cc(Cl)c(C(=O)Cc2ccccc2)cc1OC. The molecule has 0 spiro atoms. The van der Waals surface area contributed by atoms with Gasteiger partial charge in [-0.3, -0.25) is 4.79 Å². The zero-order chi connectivity index (χ0) is 14.5. The highest BCUT2D eigenvalue weighted by Crippen LogP contribution is 2.33. The largest absolute Gasteiger partial charge is 0.493 e. The summed E-state index contributed by atoms with van der Waals surface area (Å²) in [4.78, 5) is 12.3. The fraction of sp³-hybridized carbons (Fsp3) is 0.188. The van der Waals surface area contributed by atoms with Crippen LogP contribution in [0.3, 0.4) is 0 Å². The zero-order valence-electron chi connectivity index (χ0n) is 11.4. The van der Waals surface area contributed by atoms with Gasteiger partial charge in [-0.1, -0.05) is 41.9 Å². The number of hydrogen-bond acceptors (Lipinski definition) is 3. The molecule has 0 bridgehead atoms. The molecule has 0 radical (unpaired) electrons. The normalized spacial score (nSPS) is 10.2. The first-order chi connectivity index (χ1) is 9.65. The van der Waals surface area contributed by atoms with Crippen LogP contribution >= 0.6 is 11.6 Å². The molecule has 0 aliphatic rings. The van der Waals surface area contributed by atoms with E-state index >= 15 is 0 Å². The van der Waals surface area contributed by atoms with Crippen molar-refractivity contribution in [1.82, 2.24) is 0 Å². The monoisotopic (exact) mass is 290 g/mol. The Morgan fingerprint density at radius 1 is 1.05 bits per heavy atom. The van der Waals surface area contributed by atoms with Crippen molar-refractivity contribution >= 4 is 17.4 Å². The van der Waals surface area contributed by atoms with E-state index in [1.54, 1.807) is 12.1 Å². The molecule has 0 saturated heterocycles. The predicted octanol–water partition coefficient (Wildman–Crippen LogP) is 3.78. The van der Waals surface area contributed by atoms with E-state index in [1.165, 1.54) is 14.2 Å². The highest BCUT2D eigenvalue weighted by atomic mass is 35.5. The van der Waals surface area contributed by atoms with Crippen molar-refractivity contribution in [2.24, 2.45) is 0 Å². The van der Waals surface area contributed by atoms with E-state index in [2.05, 4.69) is 0 Å². The van der Waals surface area contributed by atoms with Gasteiger partial charge in [0.1, 0.15) is 0 Å². The molecule has 0 atom stereocenters. The Morgan fingerprint density at radius 2 is 1.65 bits per heavy atom. The van der Waals surface area contributed by atoms with Crippen molar-refractivity contribution in [3.05, 3.63) is 58.6 Å². The number of carbonyl (C=O) groups is 1. The van der Waals surface area contributed by atoms with Gasteiger partial charge in [-0.25, -0.2) is 0 Å². The van der Waals surface area contributed by atoms with Crippen molar-refractivity contribution in [3.8, 4) is 11.5 Å². The van der Waals surface area contributed by atoms with Gasteiger partial charge < -0.3 is 9.47 Å². The molecule has 0 N–H and O–H groups in total. The average Bonchev–Trinajstić information content (AvgIpc) is 2.47. The standard InChI is InChI=1S/C16H15ClO3/c1-19-15-9-12(13(17)10-16(15)20-2)14(18)8-11-6-4-3-5-7-11/h3-7,9-10H,8H2,1-2H3. The third-order valence-electron chi connectivity index (χ3n) is 2.98. The Kier molecular flexibility index (Phi) is 4.64. The van der Waals surface area contributed by atoms with Crippen LogP contribution in [0.1, 0.15) is 15.9 Å². The van der Waals surface area contributed by atoms with Crippen LogP contribution in [0.5, 0.6) is 11.5 Å². The number of Topliss-reactive ketones (excluding diaryl/α,β-unsaturated/α-hetero) is 1. The van der Waals surface area contributed by atoms with Gasteiger partial charge in [0.25, 0.3) is 0 Å². The quantitative estimate of drug-likeness (QED) is 0.786. The maximum atomic E-state index is 12.3. The number of ketones is 1. The minimum Gasteiger partial charge on any atom is -0.493 e. The predicted molar refractivity (Wildman–Crippen MR) is 79.0 cm³/mol. The Labute approximate surface area is 123 Å². The van der Waals surface area contributed by atoms with E-state index in [9.17, 15) is 4.79 Å². The number of halogens is 1. The van der Waals surface area contributed by atoms with Gasteiger partial charge in [0, 0.05) is 18.1 Å². The minimum absolute atomic E-state index is 0.0536. The van der Waals surface area contributed by atoms with Crippen molar-refractivity contribution in [3.63, 3.8) is 0 Å². The number of hydrogen-bond donors (Lipinski definition) is 0. The fourth-order valence-electron chi connectivity index (χ4n) is 1.94. The third-order valence-corrected chi connectivity index (χ3v) is 3.29.